The summed E-state index contributed by atoms with van der Waals surface area (Å²) >= 11 is 0. The summed E-state index contributed by atoms with van der Waals surface area (Å²) in [5.41, 5.74) is 5.11. The Morgan fingerprint density at radius 1 is 0.844 bits per heavy atom. The van der Waals surface area contributed by atoms with E-state index in [0.29, 0.717) is 11.4 Å². The molecule has 0 saturated heterocycles. The van der Waals surface area contributed by atoms with Crippen LogP contribution in [0.3, 0.4) is 0 Å². The predicted molar refractivity (Wildman–Crippen MR) is 128 cm³/mol. The van der Waals surface area contributed by atoms with Gasteiger partial charge in [-0.1, -0.05) is 24.3 Å². The van der Waals surface area contributed by atoms with Crippen LogP contribution in [0.5, 0.6) is 5.75 Å². The molecule has 168 valence electrons. The third kappa shape index (κ3) is 5.88. The van der Waals surface area contributed by atoms with E-state index in [9.17, 15) is 13.2 Å². The third-order valence-corrected chi connectivity index (χ3v) is 6.61. The summed E-state index contributed by atoms with van der Waals surface area (Å²) in [6, 6.07) is 17.5. The molecule has 0 unspecified atom stereocenters. The Labute approximate surface area is 189 Å². The number of anilines is 2. The largest absolute Gasteiger partial charge is 0.493 e. The second kappa shape index (κ2) is 9.87. The first-order chi connectivity index (χ1) is 15.2. The highest BCUT2D eigenvalue weighted by Crippen LogP contribution is 2.24. The predicted octanol–water partition coefficient (Wildman–Crippen LogP) is 5.13. The van der Waals surface area contributed by atoms with Gasteiger partial charge < -0.3 is 10.1 Å². The molecule has 3 rings (SSSR count). The van der Waals surface area contributed by atoms with Crippen LogP contribution in [-0.2, 0) is 14.8 Å². The van der Waals surface area contributed by atoms with Gasteiger partial charge in [0.1, 0.15) is 5.75 Å². The summed E-state index contributed by atoms with van der Waals surface area (Å²) < 4.78 is 33.8. The van der Waals surface area contributed by atoms with Crippen LogP contribution in [0, 0.1) is 27.7 Å². The van der Waals surface area contributed by atoms with Gasteiger partial charge in [-0.15, -0.1) is 0 Å². The van der Waals surface area contributed by atoms with Crippen molar-refractivity contribution >= 4 is 27.3 Å². The summed E-state index contributed by atoms with van der Waals surface area (Å²) in [4.78, 5) is 12.3. The Hall–Kier alpha value is -3.32. The molecule has 0 atom stereocenters. The number of rotatable bonds is 8. The first-order valence-electron chi connectivity index (χ1n) is 10.3. The molecule has 3 aromatic rings. The minimum atomic E-state index is -3.74. The minimum absolute atomic E-state index is 0.122. The first-order valence-corrected chi connectivity index (χ1v) is 11.8. The lowest BCUT2D eigenvalue weighted by Crippen LogP contribution is -2.16. The molecule has 0 spiro atoms. The van der Waals surface area contributed by atoms with Crippen LogP contribution in [0.1, 0.15) is 28.7 Å². The lowest BCUT2D eigenvalue weighted by molar-refractivity contribution is -0.116. The molecule has 7 heteroatoms. The monoisotopic (exact) mass is 452 g/mol. The lowest BCUT2D eigenvalue weighted by Gasteiger charge is -2.13. The molecule has 0 fully saturated rings. The van der Waals surface area contributed by atoms with Gasteiger partial charge in [0.2, 0.25) is 5.91 Å². The first kappa shape index (κ1) is 23.3. The molecule has 0 bridgehead atoms. The van der Waals surface area contributed by atoms with Crippen molar-refractivity contribution in [3.05, 3.63) is 82.9 Å². The van der Waals surface area contributed by atoms with Gasteiger partial charge in [0.15, 0.2) is 0 Å². The summed E-state index contributed by atoms with van der Waals surface area (Å²) in [6.45, 7) is 8.00. The minimum Gasteiger partial charge on any atom is -0.493 e. The molecule has 0 saturated carbocycles. The highest BCUT2D eigenvalue weighted by molar-refractivity contribution is 7.92. The Morgan fingerprint density at radius 2 is 1.50 bits per heavy atom. The Bertz CT molecular complexity index is 1200. The number of sulfonamides is 1. The number of hydrogen-bond acceptors (Lipinski definition) is 4. The van der Waals surface area contributed by atoms with Crippen LogP contribution in [0.2, 0.25) is 0 Å². The molecule has 2 N–H and O–H groups in total. The number of aryl methyl sites for hydroxylation is 4. The van der Waals surface area contributed by atoms with Crippen molar-refractivity contribution < 1.29 is 17.9 Å². The van der Waals surface area contributed by atoms with Gasteiger partial charge in [-0.3, -0.25) is 9.52 Å². The van der Waals surface area contributed by atoms with Gasteiger partial charge in [0.05, 0.1) is 23.6 Å². The maximum atomic E-state index is 12.7. The van der Waals surface area contributed by atoms with Gasteiger partial charge >= 0.3 is 0 Å². The number of hydrogen-bond donors (Lipinski definition) is 2. The number of carbonyl (C=O) groups is 1. The number of amides is 1. The highest BCUT2D eigenvalue weighted by Gasteiger charge is 2.16. The average Bonchev–Trinajstić information content (AvgIpc) is 2.74. The number of benzene rings is 3. The van der Waals surface area contributed by atoms with Crippen LogP contribution < -0.4 is 14.8 Å². The molecular formula is C25H28N2O4S. The van der Waals surface area contributed by atoms with Crippen molar-refractivity contribution in [1.82, 2.24) is 0 Å². The van der Waals surface area contributed by atoms with E-state index in [1.165, 1.54) is 17.7 Å². The maximum Gasteiger partial charge on any atom is 0.261 e. The third-order valence-electron chi connectivity index (χ3n) is 5.24. The van der Waals surface area contributed by atoms with Gasteiger partial charge in [0, 0.05) is 5.69 Å². The van der Waals surface area contributed by atoms with Gasteiger partial charge in [-0.2, -0.15) is 0 Å². The van der Waals surface area contributed by atoms with Gasteiger partial charge in [-0.05, 0) is 86.3 Å². The molecule has 0 aliphatic rings. The zero-order valence-electron chi connectivity index (χ0n) is 18.7. The van der Waals surface area contributed by atoms with E-state index in [1.54, 1.807) is 12.1 Å². The Morgan fingerprint density at radius 3 is 2.12 bits per heavy atom. The second-order valence-corrected chi connectivity index (χ2v) is 9.47. The number of nitrogens with one attached hydrogen (secondary N) is 2. The molecule has 0 aromatic heterocycles. The Kier molecular flexibility index (Phi) is 7.20. The summed E-state index contributed by atoms with van der Waals surface area (Å²) in [7, 11) is -3.74. The molecule has 0 aliphatic heterocycles. The molecule has 0 aliphatic carbocycles. The normalized spacial score (nSPS) is 11.1. The topological polar surface area (TPSA) is 84.5 Å². The standard InChI is InChI=1S/C25H28N2O4S/c1-17-8-11-22(16-20(17)4)31-15-14-24(28)26-21-9-12-23(13-10-21)32(29,30)27-25-18(2)6-5-7-19(25)3/h5-13,16,27H,14-15H2,1-4H3,(H,26,28). The molecule has 0 radical (unpaired) electrons. The van der Waals surface area contributed by atoms with E-state index < -0.39 is 10.0 Å². The Balaban J connectivity index is 1.56. The molecule has 0 heterocycles. The molecule has 1 amide bonds. The SMILES string of the molecule is Cc1ccc(OCCC(=O)Nc2ccc(S(=O)(=O)Nc3c(C)cccc3C)cc2)cc1C. The zero-order chi connectivity index (χ0) is 23.3. The van der Waals surface area contributed by atoms with Crippen LogP contribution in [0.15, 0.2) is 65.6 Å². The van der Waals surface area contributed by atoms with Crippen molar-refractivity contribution in [2.45, 2.75) is 39.0 Å². The van der Waals surface area contributed by atoms with Crippen LogP contribution in [0.25, 0.3) is 0 Å². The molecular weight excluding hydrogens is 424 g/mol. The molecule has 6 nitrogen and oxygen atoms in total. The lowest BCUT2D eigenvalue weighted by atomic mass is 10.1. The van der Waals surface area contributed by atoms with Crippen molar-refractivity contribution in [2.75, 3.05) is 16.6 Å². The number of carbonyl (C=O) groups excluding carboxylic acids is 1. The van der Waals surface area contributed by atoms with E-state index >= 15 is 0 Å². The van der Waals surface area contributed by atoms with Crippen molar-refractivity contribution in [3.8, 4) is 5.75 Å². The summed E-state index contributed by atoms with van der Waals surface area (Å²) in [5.74, 6) is 0.518. The van der Waals surface area contributed by atoms with Crippen molar-refractivity contribution in [1.29, 1.82) is 0 Å². The van der Waals surface area contributed by atoms with Crippen molar-refractivity contribution in [3.63, 3.8) is 0 Å². The van der Waals surface area contributed by atoms with Gasteiger partial charge in [-0.25, -0.2) is 8.42 Å². The summed E-state index contributed by atoms with van der Waals surface area (Å²) in [5, 5.41) is 2.76. The zero-order valence-corrected chi connectivity index (χ0v) is 19.5. The van der Waals surface area contributed by atoms with Gasteiger partial charge in [0.25, 0.3) is 10.0 Å². The molecule has 3 aromatic carbocycles. The van der Waals surface area contributed by atoms with E-state index in [0.717, 1.165) is 22.4 Å². The summed E-state index contributed by atoms with van der Waals surface area (Å²) in [6.07, 6.45) is 0.182. The van der Waals surface area contributed by atoms with Crippen LogP contribution in [-0.4, -0.2) is 20.9 Å². The maximum absolute atomic E-state index is 12.7. The van der Waals surface area contributed by atoms with E-state index in [-0.39, 0.29) is 23.8 Å². The second-order valence-electron chi connectivity index (χ2n) is 7.79. The quantitative estimate of drug-likeness (QED) is 0.496. The fourth-order valence-electron chi connectivity index (χ4n) is 3.17. The number of para-hydroxylation sites is 1. The average molecular weight is 453 g/mol. The van der Waals surface area contributed by atoms with Crippen LogP contribution >= 0.6 is 0 Å². The van der Waals surface area contributed by atoms with Crippen LogP contribution in [0.4, 0.5) is 11.4 Å². The highest BCUT2D eigenvalue weighted by atomic mass is 32.2. The van der Waals surface area contributed by atoms with E-state index in [1.807, 2.05) is 64.1 Å². The fourth-order valence-corrected chi connectivity index (χ4v) is 4.38. The van der Waals surface area contributed by atoms with Crippen molar-refractivity contribution in [2.24, 2.45) is 0 Å². The smallest absolute Gasteiger partial charge is 0.261 e. The number of ether oxygens (including phenoxy) is 1. The van der Waals surface area contributed by atoms with E-state index in [4.69, 9.17) is 4.74 Å². The fraction of sp³-hybridized carbons (Fsp3) is 0.240. The molecule has 32 heavy (non-hydrogen) atoms. The van der Waals surface area contributed by atoms with E-state index in [2.05, 4.69) is 10.0 Å².